The molecule has 94 valence electrons. The summed E-state index contributed by atoms with van der Waals surface area (Å²) < 4.78 is 0. The average Bonchev–Trinajstić information content (AvgIpc) is 2.37. The molecule has 0 saturated heterocycles. The minimum atomic E-state index is 0.284. The number of benzene rings is 2. The minimum Gasteiger partial charge on any atom is -0.508 e. The largest absolute Gasteiger partial charge is 0.508 e. The van der Waals surface area contributed by atoms with Gasteiger partial charge in [0.1, 0.15) is 11.5 Å². The lowest BCUT2D eigenvalue weighted by Gasteiger charge is -2.11. The fourth-order valence-electron chi connectivity index (χ4n) is 2.19. The Hall–Kier alpha value is -1.96. The zero-order chi connectivity index (χ0) is 13.1. The second kappa shape index (κ2) is 5.13. The fraction of sp³-hybridized carbons (Fsp3) is 0.250. The SMILES string of the molecule is CCc1cc(O)cc(-c2ccc(O)cc2CC)c1. The number of hydrogen-bond donors (Lipinski definition) is 2. The first-order chi connectivity index (χ1) is 8.63. The Morgan fingerprint density at radius 1 is 0.833 bits per heavy atom. The van der Waals surface area contributed by atoms with Crippen molar-refractivity contribution >= 4 is 0 Å². The van der Waals surface area contributed by atoms with Gasteiger partial charge in [-0.15, -0.1) is 0 Å². The van der Waals surface area contributed by atoms with E-state index in [1.807, 2.05) is 6.07 Å². The van der Waals surface area contributed by atoms with E-state index >= 15 is 0 Å². The molecule has 0 aliphatic heterocycles. The van der Waals surface area contributed by atoms with Crippen LogP contribution in [0.1, 0.15) is 25.0 Å². The average molecular weight is 242 g/mol. The molecule has 0 aliphatic carbocycles. The van der Waals surface area contributed by atoms with Crippen molar-refractivity contribution < 1.29 is 10.2 Å². The molecule has 0 saturated carbocycles. The van der Waals surface area contributed by atoms with Gasteiger partial charge in [0, 0.05) is 0 Å². The highest BCUT2D eigenvalue weighted by molar-refractivity contribution is 5.70. The predicted molar refractivity (Wildman–Crippen MR) is 74.0 cm³/mol. The lowest BCUT2D eigenvalue weighted by Crippen LogP contribution is -1.89. The molecule has 2 aromatic carbocycles. The molecule has 0 radical (unpaired) electrons. The molecule has 2 rings (SSSR count). The van der Waals surface area contributed by atoms with E-state index in [0.29, 0.717) is 5.75 Å². The molecular formula is C16H18O2. The molecule has 2 N–H and O–H groups in total. The maximum Gasteiger partial charge on any atom is 0.116 e. The number of phenols is 2. The van der Waals surface area contributed by atoms with Crippen molar-refractivity contribution in [3.8, 4) is 22.6 Å². The Bertz CT molecular complexity index is 559. The topological polar surface area (TPSA) is 40.5 Å². The molecule has 0 atom stereocenters. The molecule has 0 bridgehead atoms. The Labute approximate surface area is 108 Å². The van der Waals surface area contributed by atoms with Crippen LogP contribution in [0, 0.1) is 0 Å². The summed E-state index contributed by atoms with van der Waals surface area (Å²) in [6.07, 6.45) is 1.74. The number of hydrogen-bond acceptors (Lipinski definition) is 2. The normalized spacial score (nSPS) is 10.6. The van der Waals surface area contributed by atoms with Crippen LogP contribution in [0.15, 0.2) is 36.4 Å². The summed E-state index contributed by atoms with van der Waals surface area (Å²) >= 11 is 0. The van der Waals surface area contributed by atoms with Crippen molar-refractivity contribution in [1.82, 2.24) is 0 Å². The minimum absolute atomic E-state index is 0.284. The first kappa shape index (κ1) is 12.5. The zero-order valence-corrected chi connectivity index (χ0v) is 10.8. The van der Waals surface area contributed by atoms with Gasteiger partial charge in [-0.2, -0.15) is 0 Å². The summed E-state index contributed by atoms with van der Waals surface area (Å²) in [5.74, 6) is 0.575. The maximum atomic E-state index is 9.76. The van der Waals surface area contributed by atoms with E-state index in [1.54, 1.807) is 24.3 Å². The third-order valence-electron chi connectivity index (χ3n) is 3.17. The van der Waals surface area contributed by atoms with Crippen molar-refractivity contribution in [3.05, 3.63) is 47.5 Å². The third kappa shape index (κ3) is 2.48. The van der Waals surface area contributed by atoms with Crippen molar-refractivity contribution in [2.45, 2.75) is 26.7 Å². The first-order valence-electron chi connectivity index (χ1n) is 6.29. The standard InChI is InChI=1S/C16H18O2/c1-3-11-7-13(10-15(18)8-11)16-6-5-14(17)9-12(16)4-2/h5-10,17-18H,3-4H2,1-2H3. The van der Waals surface area contributed by atoms with Gasteiger partial charge in [-0.1, -0.05) is 26.0 Å². The van der Waals surface area contributed by atoms with Crippen LogP contribution in [-0.2, 0) is 12.8 Å². The Balaban J connectivity index is 2.57. The van der Waals surface area contributed by atoms with E-state index in [2.05, 4.69) is 19.9 Å². The third-order valence-corrected chi connectivity index (χ3v) is 3.17. The summed E-state index contributed by atoms with van der Waals surface area (Å²) in [6, 6.07) is 11.0. The van der Waals surface area contributed by atoms with Gasteiger partial charge in [-0.25, -0.2) is 0 Å². The number of aryl methyl sites for hydroxylation is 2. The van der Waals surface area contributed by atoms with Crippen LogP contribution in [0.5, 0.6) is 11.5 Å². The predicted octanol–water partition coefficient (Wildman–Crippen LogP) is 3.89. The lowest BCUT2D eigenvalue weighted by atomic mass is 9.95. The van der Waals surface area contributed by atoms with E-state index in [-0.39, 0.29) is 5.75 Å². The Kier molecular flexibility index (Phi) is 3.56. The van der Waals surface area contributed by atoms with E-state index < -0.39 is 0 Å². The first-order valence-corrected chi connectivity index (χ1v) is 6.29. The van der Waals surface area contributed by atoms with Gasteiger partial charge in [-0.05, 0) is 59.4 Å². The van der Waals surface area contributed by atoms with E-state index in [9.17, 15) is 10.2 Å². The second-order valence-electron chi connectivity index (χ2n) is 4.44. The van der Waals surface area contributed by atoms with Gasteiger partial charge in [0.15, 0.2) is 0 Å². The maximum absolute atomic E-state index is 9.76. The molecule has 0 heterocycles. The van der Waals surface area contributed by atoms with Gasteiger partial charge in [0.2, 0.25) is 0 Å². The quantitative estimate of drug-likeness (QED) is 0.857. The molecule has 2 heteroatoms. The van der Waals surface area contributed by atoms with Crippen LogP contribution in [0.3, 0.4) is 0 Å². The molecule has 2 nitrogen and oxygen atoms in total. The van der Waals surface area contributed by atoms with Gasteiger partial charge in [0.25, 0.3) is 0 Å². The van der Waals surface area contributed by atoms with Crippen LogP contribution in [0.4, 0.5) is 0 Å². The molecule has 0 amide bonds. The highest BCUT2D eigenvalue weighted by Gasteiger charge is 2.07. The molecule has 0 aromatic heterocycles. The van der Waals surface area contributed by atoms with Crippen LogP contribution < -0.4 is 0 Å². The molecular weight excluding hydrogens is 224 g/mol. The van der Waals surface area contributed by atoms with Crippen molar-refractivity contribution in [2.75, 3.05) is 0 Å². The molecule has 0 fully saturated rings. The highest BCUT2D eigenvalue weighted by Crippen LogP contribution is 2.30. The summed E-state index contributed by atoms with van der Waals surface area (Å²) in [7, 11) is 0. The van der Waals surface area contributed by atoms with Crippen LogP contribution in [0.2, 0.25) is 0 Å². The Morgan fingerprint density at radius 3 is 2.28 bits per heavy atom. The zero-order valence-electron chi connectivity index (χ0n) is 10.8. The fourth-order valence-corrected chi connectivity index (χ4v) is 2.19. The highest BCUT2D eigenvalue weighted by atomic mass is 16.3. The molecule has 18 heavy (non-hydrogen) atoms. The van der Waals surface area contributed by atoms with Gasteiger partial charge < -0.3 is 10.2 Å². The number of rotatable bonds is 3. The van der Waals surface area contributed by atoms with E-state index in [1.165, 1.54) is 0 Å². The monoisotopic (exact) mass is 242 g/mol. The molecule has 2 aromatic rings. The number of aromatic hydroxyl groups is 2. The number of phenolic OH excluding ortho intramolecular Hbond substituents is 2. The van der Waals surface area contributed by atoms with E-state index in [4.69, 9.17) is 0 Å². The summed E-state index contributed by atoms with van der Waals surface area (Å²) in [4.78, 5) is 0. The molecule has 0 unspecified atom stereocenters. The van der Waals surface area contributed by atoms with E-state index in [0.717, 1.165) is 35.1 Å². The summed E-state index contributed by atoms with van der Waals surface area (Å²) in [5.41, 5.74) is 4.27. The molecule has 0 spiro atoms. The summed E-state index contributed by atoms with van der Waals surface area (Å²) in [6.45, 7) is 4.12. The summed E-state index contributed by atoms with van der Waals surface area (Å²) in [5, 5.41) is 19.3. The van der Waals surface area contributed by atoms with Crippen molar-refractivity contribution in [3.63, 3.8) is 0 Å². The van der Waals surface area contributed by atoms with Crippen molar-refractivity contribution in [2.24, 2.45) is 0 Å². The smallest absolute Gasteiger partial charge is 0.116 e. The van der Waals surface area contributed by atoms with Gasteiger partial charge in [0.05, 0.1) is 0 Å². The van der Waals surface area contributed by atoms with Crippen LogP contribution >= 0.6 is 0 Å². The van der Waals surface area contributed by atoms with Crippen LogP contribution in [-0.4, -0.2) is 10.2 Å². The Morgan fingerprint density at radius 2 is 1.61 bits per heavy atom. The van der Waals surface area contributed by atoms with Crippen molar-refractivity contribution in [1.29, 1.82) is 0 Å². The van der Waals surface area contributed by atoms with Gasteiger partial charge in [-0.3, -0.25) is 0 Å². The van der Waals surface area contributed by atoms with Gasteiger partial charge >= 0.3 is 0 Å². The second-order valence-corrected chi connectivity index (χ2v) is 4.44. The van der Waals surface area contributed by atoms with Crippen LogP contribution in [0.25, 0.3) is 11.1 Å². The lowest BCUT2D eigenvalue weighted by molar-refractivity contribution is 0.474. The molecule has 0 aliphatic rings.